The van der Waals surface area contributed by atoms with Crippen LogP contribution in [0.25, 0.3) is 6.08 Å². The number of ether oxygens (including phenoxy) is 1. The SMILES string of the molecule is O=C(/C=C/c1cccnc1)NCCCCC1CCN(C(=O)c2ccc(N3CCN(C(=O)CCOCCSc4cccc5c4C(=O)N(C4CCC(=O)NC4=O)C5=O)CC3)nn2)CC1. The number of likely N-dealkylation sites (tertiary alicyclic amines) is 1. The standard InChI is InChI=1S/C44H51N9O8S/c54-37(13-9-31-6-4-18-45-29-31)46-19-2-1-5-30-15-20-52(21-16-30)43(59)33-10-12-36(49-48-33)50-22-24-51(25-23-50)39(56)17-26-61-27-28-62-35-8-3-7-32-40(35)44(60)53(42(32)58)34-11-14-38(55)47-41(34)57/h3-4,6-10,12-13,18,29-30,34H,1-2,5,11,14-17,19-28H2,(H,46,54)(H,47,55,57)/b13-9+. The summed E-state index contributed by atoms with van der Waals surface area (Å²) >= 11 is 1.36. The van der Waals surface area contributed by atoms with Crippen molar-refractivity contribution in [3.63, 3.8) is 0 Å². The number of aromatic nitrogens is 3. The molecule has 7 amide bonds. The molecule has 2 N–H and O–H groups in total. The maximum Gasteiger partial charge on any atom is 0.274 e. The Balaban J connectivity index is 0.747. The average molecular weight is 866 g/mol. The Morgan fingerprint density at radius 3 is 2.44 bits per heavy atom. The molecule has 0 spiro atoms. The van der Waals surface area contributed by atoms with Gasteiger partial charge in [-0.05, 0) is 73.6 Å². The fraction of sp³-hybridized carbons (Fsp3) is 0.455. The molecule has 326 valence electrons. The summed E-state index contributed by atoms with van der Waals surface area (Å²) in [5.74, 6) is -0.730. The number of benzene rings is 1. The molecule has 1 aromatic carbocycles. The Morgan fingerprint density at radius 2 is 1.69 bits per heavy atom. The van der Waals surface area contributed by atoms with Crippen LogP contribution in [0.2, 0.25) is 0 Å². The van der Waals surface area contributed by atoms with Crippen molar-refractivity contribution in [3.8, 4) is 0 Å². The van der Waals surface area contributed by atoms with E-state index in [0.717, 1.165) is 42.6 Å². The third-order valence-corrected chi connectivity index (χ3v) is 12.6. The van der Waals surface area contributed by atoms with Gasteiger partial charge in [-0.1, -0.05) is 25.0 Å². The highest BCUT2D eigenvalue weighted by Gasteiger charge is 2.45. The summed E-state index contributed by atoms with van der Waals surface area (Å²) in [5.41, 5.74) is 1.68. The first-order valence-electron chi connectivity index (χ1n) is 21.2. The third-order valence-electron chi connectivity index (χ3n) is 11.6. The molecule has 0 aliphatic carbocycles. The summed E-state index contributed by atoms with van der Waals surface area (Å²) < 4.78 is 5.75. The summed E-state index contributed by atoms with van der Waals surface area (Å²) in [6.07, 6.45) is 11.9. The van der Waals surface area contributed by atoms with Crippen LogP contribution in [-0.2, 0) is 23.9 Å². The predicted octanol–water partition coefficient (Wildman–Crippen LogP) is 2.97. The van der Waals surface area contributed by atoms with Crippen LogP contribution in [0, 0.1) is 5.92 Å². The van der Waals surface area contributed by atoms with Gasteiger partial charge in [0.25, 0.3) is 17.7 Å². The second kappa shape index (κ2) is 21.2. The van der Waals surface area contributed by atoms with Gasteiger partial charge in [0.05, 0.1) is 30.8 Å². The minimum Gasteiger partial charge on any atom is -0.380 e. The van der Waals surface area contributed by atoms with Gasteiger partial charge in [0.2, 0.25) is 23.6 Å². The summed E-state index contributed by atoms with van der Waals surface area (Å²) in [6, 6.07) is 11.2. The number of anilines is 1. The lowest BCUT2D eigenvalue weighted by atomic mass is 9.91. The van der Waals surface area contributed by atoms with E-state index in [1.807, 2.05) is 23.1 Å². The lowest BCUT2D eigenvalue weighted by Crippen LogP contribution is -2.54. The number of piperidine rings is 2. The number of hydrogen-bond acceptors (Lipinski definition) is 13. The maximum atomic E-state index is 13.3. The molecule has 0 radical (unpaired) electrons. The molecule has 18 heteroatoms. The van der Waals surface area contributed by atoms with Crippen molar-refractivity contribution in [2.24, 2.45) is 5.92 Å². The molecule has 2 aromatic heterocycles. The minimum atomic E-state index is -1.02. The lowest BCUT2D eigenvalue weighted by molar-refractivity contribution is -0.136. The zero-order valence-electron chi connectivity index (χ0n) is 34.5. The van der Waals surface area contributed by atoms with E-state index in [1.54, 1.807) is 47.6 Å². The number of fused-ring (bicyclic) bond motifs is 1. The Morgan fingerprint density at radius 1 is 0.871 bits per heavy atom. The largest absolute Gasteiger partial charge is 0.380 e. The van der Waals surface area contributed by atoms with Crippen molar-refractivity contribution < 1.29 is 38.3 Å². The number of nitrogens with zero attached hydrogens (tertiary/aromatic N) is 7. The lowest BCUT2D eigenvalue weighted by Gasteiger charge is -2.35. The van der Waals surface area contributed by atoms with Crippen LogP contribution in [-0.4, -0.2) is 142 Å². The first-order chi connectivity index (χ1) is 30.2. The van der Waals surface area contributed by atoms with Gasteiger partial charge in [0.1, 0.15) is 6.04 Å². The second-order valence-electron chi connectivity index (χ2n) is 15.6. The highest BCUT2D eigenvalue weighted by Crippen LogP contribution is 2.34. The van der Waals surface area contributed by atoms with E-state index in [-0.39, 0.29) is 54.7 Å². The highest BCUT2D eigenvalue weighted by molar-refractivity contribution is 7.99. The van der Waals surface area contributed by atoms with Crippen molar-refractivity contribution in [3.05, 3.63) is 83.3 Å². The van der Waals surface area contributed by atoms with Gasteiger partial charge in [0.15, 0.2) is 11.5 Å². The molecule has 4 aliphatic heterocycles. The van der Waals surface area contributed by atoms with Gasteiger partial charge in [-0.2, -0.15) is 0 Å². The number of hydrogen-bond donors (Lipinski definition) is 2. The van der Waals surface area contributed by atoms with E-state index in [0.29, 0.717) is 80.5 Å². The number of carbonyl (C=O) groups excluding carboxylic acids is 7. The van der Waals surface area contributed by atoms with E-state index < -0.39 is 29.7 Å². The second-order valence-corrected chi connectivity index (χ2v) is 16.8. The Kier molecular flexibility index (Phi) is 15.1. The molecule has 3 saturated heterocycles. The number of rotatable bonds is 17. The summed E-state index contributed by atoms with van der Waals surface area (Å²) in [4.78, 5) is 100.0. The van der Waals surface area contributed by atoms with E-state index in [4.69, 9.17) is 4.74 Å². The van der Waals surface area contributed by atoms with Crippen molar-refractivity contribution >= 4 is 65.0 Å². The number of nitrogens with one attached hydrogen (secondary N) is 2. The van der Waals surface area contributed by atoms with Crippen LogP contribution in [0.4, 0.5) is 5.82 Å². The molecule has 0 saturated carbocycles. The van der Waals surface area contributed by atoms with Crippen LogP contribution < -0.4 is 15.5 Å². The van der Waals surface area contributed by atoms with E-state index in [9.17, 15) is 33.6 Å². The molecule has 6 heterocycles. The number of pyridine rings is 1. The van der Waals surface area contributed by atoms with Crippen LogP contribution >= 0.6 is 11.8 Å². The Labute approximate surface area is 364 Å². The number of amides is 7. The van der Waals surface area contributed by atoms with Crippen LogP contribution in [0.5, 0.6) is 0 Å². The molecule has 3 fully saturated rings. The first-order valence-corrected chi connectivity index (χ1v) is 22.2. The number of piperazine rings is 1. The summed E-state index contributed by atoms with van der Waals surface area (Å²) in [6.45, 7) is 4.74. The van der Waals surface area contributed by atoms with Crippen LogP contribution in [0.3, 0.4) is 0 Å². The molecule has 7 rings (SSSR count). The molecule has 0 bridgehead atoms. The molecule has 4 aliphatic rings. The van der Waals surface area contributed by atoms with E-state index >= 15 is 0 Å². The topological polar surface area (TPSA) is 204 Å². The number of unbranched alkanes of at least 4 members (excludes halogenated alkanes) is 1. The number of thioether (sulfide) groups is 1. The first kappa shape index (κ1) is 44.1. The van der Waals surface area contributed by atoms with Crippen molar-refractivity contribution in [2.75, 3.05) is 69.7 Å². The van der Waals surface area contributed by atoms with Gasteiger partial charge < -0.3 is 24.8 Å². The highest BCUT2D eigenvalue weighted by atomic mass is 32.2. The average Bonchev–Trinajstić information content (AvgIpc) is 3.55. The molecule has 1 unspecified atom stereocenters. The predicted molar refractivity (Wildman–Crippen MR) is 229 cm³/mol. The van der Waals surface area contributed by atoms with Crippen molar-refractivity contribution in [2.45, 2.75) is 62.3 Å². The van der Waals surface area contributed by atoms with E-state index in [1.165, 1.54) is 17.8 Å². The third kappa shape index (κ3) is 11.1. The monoisotopic (exact) mass is 865 g/mol. The fourth-order valence-electron chi connectivity index (χ4n) is 8.09. The van der Waals surface area contributed by atoms with Crippen molar-refractivity contribution in [1.82, 2.24) is 40.5 Å². The molecule has 62 heavy (non-hydrogen) atoms. The fourth-order valence-corrected chi connectivity index (χ4v) is 9.03. The van der Waals surface area contributed by atoms with Crippen LogP contribution in [0.1, 0.15) is 88.1 Å². The summed E-state index contributed by atoms with van der Waals surface area (Å²) in [7, 11) is 0. The zero-order valence-corrected chi connectivity index (χ0v) is 35.4. The number of carbonyl (C=O) groups is 7. The number of imide groups is 2. The van der Waals surface area contributed by atoms with E-state index in [2.05, 4.69) is 30.7 Å². The minimum absolute atomic E-state index is 0.0128. The molecule has 1 atom stereocenters. The van der Waals surface area contributed by atoms with Crippen molar-refractivity contribution in [1.29, 1.82) is 0 Å². The van der Waals surface area contributed by atoms with Gasteiger partial charge in [-0.3, -0.25) is 48.8 Å². The molecular formula is C44H51N9O8S. The smallest absolute Gasteiger partial charge is 0.274 e. The van der Waals surface area contributed by atoms with Gasteiger partial charge in [-0.25, -0.2) is 0 Å². The maximum absolute atomic E-state index is 13.3. The van der Waals surface area contributed by atoms with Gasteiger partial charge in [-0.15, -0.1) is 22.0 Å². The molecule has 17 nitrogen and oxygen atoms in total. The zero-order chi connectivity index (χ0) is 43.4. The molecular weight excluding hydrogens is 815 g/mol. The van der Waals surface area contributed by atoms with Crippen LogP contribution in [0.15, 0.2) is 65.8 Å². The van der Waals surface area contributed by atoms with Gasteiger partial charge in [0, 0.05) is 81.4 Å². The molecule has 3 aromatic rings. The Bertz CT molecular complexity index is 2160. The Hall–Kier alpha value is -6.01. The summed E-state index contributed by atoms with van der Waals surface area (Å²) in [5, 5.41) is 13.8. The normalized spacial score (nSPS) is 18.4. The van der Waals surface area contributed by atoms with Gasteiger partial charge >= 0.3 is 0 Å². The quantitative estimate of drug-likeness (QED) is 0.0869.